The molecule has 0 saturated heterocycles. The summed E-state index contributed by atoms with van der Waals surface area (Å²) >= 11 is 0. The Balaban J connectivity index is 2.19. The minimum atomic E-state index is 0.469. The molecule has 3 heteroatoms. The third-order valence-corrected chi connectivity index (χ3v) is 0.289. The normalized spacial score (nSPS) is 8.40. The zero-order chi connectivity index (χ0) is 4.12. The highest BCUT2D eigenvalue weighted by Gasteiger charge is 1.61. The highest BCUT2D eigenvalue weighted by molar-refractivity contribution is 4.23. The maximum Gasteiger partial charge on any atom is 0.0439 e. The fraction of sp³-hybridized carbons (Fsp3) is 1.00. The molecule has 0 aromatic heterocycles. The second-order valence-electron chi connectivity index (χ2n) is 0.658. The lowest BCUT2D eigenvalue weighted by Gasteiger charge is -1.87. The fourth-order valence-electron chi connectivity index (χ4n) is 0.0833. The lowest BCUT2D eigenvalue weighted by Crippen LogP contribution is -2.28. The van der Waals surface area contributed by atoms with E-state index in [0.717, 1.165) is 0 Å². The zero-order valence-electron chi connectivity index (χ0n) is 3.07. The van der Waals surface area contributed by atoms with Crippen LogP contribution in [0, 0.1) is 0 Å². The molecule has 0 radical (unpaired) electrons. The Labute approximate surface area is 31.3 Å². The number of rotatable bonds is 2. The SMILES string of the molecule is NCNCN. The van der Waals surface area contributed by atoms with Gasteiger partial charge in [-0.1, -0.05) is 0 Å². The molecule has 0 unspecified atom stereocenters. The van der Waals surface area contributed by atoms with E-state index >= 15 is 0 Å². The summed E-state index contributed by atoms with van der Waals surface area (Å²) in [4.78, 5) is 0. The Hall–Kier alpha value is -0.120. The van der Waals surface area contributed by atoms with E-state index in [1.54, 1.807) is 0 Å². The minimum Gasteiger partial charge on any atom is -0.318 e. The van der Waals surface area contributed by atoms with Crippen molar-refractivity contribution in [2.24, 2.45) is 11.5 Å². The molecule has 0 rings (SSSR count). The molecule has 3 nitrogen and oxygen atoms in total. The summed E-state index contributed by atoms with van der Waals surface area (Å²) in [5.74, 6) is 0. The molecule has 0 amide bonds. The molecule has 0 bridgehead atoms. The Morgan fingerprint density at radius 3 is 1.60 bits per heavy atom. The van der Waals surface area contributed by atoms with Gasteiger partial charge in [0.1, 0.15) is 0 Å². The van der Waals surface area contributed by atoms with E-state index in [4.69, 9.17) is 11.5 Å². The van der Waals surface area contributed by atoms with Crippen molar-refractivity contribution in [3.05, 3.63) is 0 Å². The van der Waals surface area contributed by atoms with E-state index in [0.29, 0.717) is 13.3 Å². The number of nitrogens with two attached hydrogens (primary N) is 2. The quantitative estimate of drug-likeness (QED) is 0.347. The summed E-state index contributed by atoms with van der Waals surface area (Å²) in [6.45, 7) is 0.938. The zero-order valence-corrected chi connectivity index (χ0v) is 3.07. The van der Waals surface area contributed by atoms with Crippen LogP contribution in [0.1, 0.15) is 0 Å². The average molecular weight is 75.1 g/mol. The molecule has 0 aliphatic carbocycles. The first kappa shape index (κ1) is 4.88. The van der Waals surface area contributed by atoms with Gasteiger partial charge in [-0.2, -0.15) is 0 Å². The summed E-state index contributed by atoms with van der Waals surface area (Å²) < 4.78 is 0. The largest absolute Gasteiger partial charge is 0.318 e. The monoisotopic (exact) mass is 75.1 g/mol. The van der Waals surface area contributed by atoms with Gasteiger partial charge in [-0.25, -0.2) is 0 Å². The van der Waals surface area contributed by atoms with E-state index in [9.17, 15) is 0 Å². The molecule has 5 N–H and O–H groups in total. The smallest absolute Gasteiger partial charge is 0.0439 e. The molecular weight excluding hydrogens is 66.0 g/mol. The van der Waals surface area contributed by atoms with Crippen molar-refractivity contribution < 1.29 is 0 Å². The van der Waals surface area contributed by atoms with Crippen molar-refractivity contribution in [1.29, 1.82) is 0 Å². The topological polar surface area (TPSA) is 64.1 Å². The number of hydrogen-bond acceptors (Lipinski definition) is 3. The number of hydrogen-bond donors (Lipinski definition) is 3. The fourth-order valence-corrected chi connectivity index (χ4v) is 0.0833. The third kappa shape index (κ3) is 3.88. The summed E-state index contributed by atoms with van der Waals surface area (Å²) in [5.41, 5.74) is 9.90. The second kappa shape index (κ2) is 3.88. The molecule has 0 heterocycles. The molecule has 0 spiro atoms. The van der Waals surface area contributed by atoms with E-state index in [1.807, 2.05) is 0 Å². The Kier molecular flexibility index (Phi) is 3.79. The molecular formula is C2H9N3. The van der Waals surface area contributed by atoms with E-state index in [1.165, 1.54) is 0 Å². The summed E-state index contributed by atoms with van der Waals surface area (Å²) in [7, 11) is 0. The standard InChI is InChI=1S/C2H9N3/c3-1-5-2-4/h5H,1-4H2. The molecule has 0 aliphatic rings. The van der Waals surface area contributed by atoms with Crippen molar-refractivity contribution >= 4 is 0 Å². The van der Waals surface area contributed by atoms with Gasteiger partial charge in [-0.3, -0.25) is 5.32 Å². The maximum absolute atomic E-state index is 4.95. The molecule has 32 valence electrons. The summed E-state index contributed by atoms with van der Waals surface area (Å²) in [6, 6.07) is 0. The van der Waals surface area contributed by atoms with Crippen molar-refractivity contribution in [2.45, 2.75) is 0 Å². The second-order valence-corrected chi connectivity index (χ2v) is 0.658. The van der Waals surface area contributed by atoms with Crippen LogP contribution in [0.4, 0.5) is 0 Å². The molecule has 5 heavy (non-hydrogen) atoms. The predicted molar refractivity (Wildman–Crippen MR) is 21.2 cm³/mol. The van der Waals surface area contributed by atoms with Crippen molar-refractivity contribution in [1.82, 2.24) is 5.32 Å². The first-order valence-corrected chi connectivity index (χ1v) is 1.52. The minimum absolute atomic E-state index is 0.469. The van der Waals surface area contributed by atoms with E-state index < -0.39 is 0 Å². The highest BCUT2D eigenvalue weighted by Crippen LogP contribution is 1.26. The molecule has 0 fully saturated rings. The van der Waals surface area contributed by atoms with E-state index in [2.05, 4.69) is 5.32 Å². The highest BCUT2D eigenvalue weighted by atomic mass is 15.0. The van der Waals surface area contributed by atoms with Crippen molar-refractivity contribution in [3.63, 3.8) is 0 Å². The Morgan fingerprint density at radius 2 is 1.60 bits per heavy atom. The van der Waals surface area contributed by atoms with Crippen LogP contribution in [0.3, 0.4) is 0 Å². The molecule has 0 atom stereocenters. The first-order valence-electron chi connectivity index (χ1n) is 1.52. The lowest BCUT2D eigenvalue weighted by molar-refractivity contribution is 0.724. The van der Waals surface area contributed by atoms with Crippen LogP contribution < -0.4 is 16.8 Å². The van der Waals surface area contributed by atoms with E-state index in [-0.39, 0.29) is 0 Å². The van der Waals surface area contributed by atoms with Crippen molar-refractivity contribution in [3.8, 4) is 0 Å². The average Bonchev–Trinajstić information content (AvgIpc) is 1.41. The third-order valence-electron chi connectivity index (χ3n) is 0.289. The summed E-state index contributed by atoms with van der Waals surface area (Å²) in [6.07, 6.45) is 0. The predicted octanol–water partition coefficient (Wildman–Crippen LogP) is -1.59. The van der Waals surface area contributed by atoms with Gasteiger partial charge >= 0.3 is 0 Å². The molecule has 0 aliphatic heterocycles. The summed E-state index contributed by atoms with van der Waals surface area (Å²) in [5, 5.41) is 2.67. The van der Waals surface area contributed by atoms with Crippen LogP contribution in [0.5, 0.6) is 0 Å². The molecule has 0 aromatic rings. The molecule has 0 saturated carbocycles. The van der Waals surface area contributed by atoms with Gasteiger partial charge in [0.05, 0.1) is 0 Å². The van der Waals surface area contributed by atoms with Gasteiger partial charge in [-0.15, -0.1) is 0 Å². The van der Waals surface area contributed by atoms with Crippen LogP contribution in [0.25, 0.3) is 0 Å². The number of nitrogens with one attached hydrogen (secondary N) is 1. The van der Waals surface area contributed by atoms with Crippen LogP contribution in [-0.2, 0) is 0 Å². The first-order chi connectivity index (χ1) is 2.41. The maximum atomic E-state index is 4.95. The van der Waals surface area contributed by atoms with Crippen molar-refractivity contribution in [2.75, 3.05) is 13.3 Å². The van der Waals surface area contributed by atoms with Crippen LogP contribution in [0.15, 0.2) is 0 Å². The molecule has 0 aromatic carbocycles. The van der Waals surface area contributed by atoms with Gasteiger partial charge in [0.25, 0.3) is 0 Å². The van der Waals surface area contributed by atoms with Gasteiger partial charge in [0, 0.05) is 13.3 Å². The van der Waals surface area contributed by atoms with Gasteiger partial charge in [-0.05, 0) is 0 Å². The van der Waals surface area contributed by atoms with Gasteiger partial charge in [0.2, 0.25) is 0 Å². The van der Waals surface area contributed by atoms with Crippen LogP contribution >= 0.6 is 0 Å². The lowest BCUT2D eigenvalue weighted by atomic mass is 11.0. The van der Waals surface area contributed by atoms with Crippen LogP contribution in [-0.4, -0.2) is 13.3 Å². The van der Waals surface area contributed by atoms with Gasteiger partial charge in [0.15, 0.2) is 0 Å². The Bertz CT molecular complexity index is 12.4. The van der Waals surface area contributed by atoms with Crippen LogP contribution in [0.2, 0.25) is 0 Å². The van der Waals surface area contributed by atoms with Gasteiger partial charge < -0.3 is 11.5 Å². The Morgan fingerprint density at radius 1 is 1.20 bits per heavy atom.